The minimum atomic E-state index is -4.40. The summed E-state index contributed by atoms with van der Waals surface area (Å²) in [7, 11) is 0. The predicted molar refractivity (Wildman–Crippen MR) is 64.3 cm³/mol. The van der Waals surface area contributed by atoms with Gasteiger partial charge in [0.1, 0.15) is 6.61 Å². The molecule has 0 aliphatic carbocycles. The number of oxime groups is 1. The van der Waals surface area contributed by atoms with Crippen molar-refractivity contribution in [2.45, 2.75) is 37.9 Å². The normalized spacial score (nSPS) is 21.1. The molecule has 1 fully saturated rings. The average molecular weight is 297 g/mol. The second-order valence-corrected chi connectivity index (χ2v) is 4.54. The van der Waals surface area contributed by atoms with Crippen LogP contribution in [0.15, 0.2) is 5.16 Å². The minimum absolute atomic E-state index is 0.0609. The number of nitrogens with zero attached hydrogens (tertiary/aromatic N) is 2. The zero-order valence-electron chi connectivity index (χ0n) is 10.9. The molecule has 1 heterocycles. The van der Waals surface area contributed by atoms with Gasteiger partial charge in [-0.1, -0.05) is 5.16 Å². The Balaban J connectivity index is 2.44. The summed E-state index contributed by atoms with van der Waals surface area (Å²) in [4.78, 5) is 13.4. The number of likely N-dealkylation sites (tertiary alicyclic amines) is 1. The summed E-state index contributed by atoms with van der Waals surface area (Å²) in [5.41, 5.74) is 5.51. The number of amidine groups is 1. The SMILES string of the molecule is NC(=NO)C1CCCCN1C(=O)CCOCC(F)(F)F. The van der Waals surface area contributed by atoms with Crippen LogP contribution in [0.1, 0.15) is 25.7 Å². The van der Waals surface area contributed by atoms with E-state index in [0.717, 1.165) is 12.8 Å². The summed E-state index contributed by atoms with van der Waals surface area (Å²) >= 11 is 0. The van der Waals surface area contributed by atoms with Gasteiger partial charge in [-0.2, -0.15) is 13.2 Å². The molecule has 20 heavy (non-hydrogen) atoms. The molecular weight excluding hydrogens is 279 g/mol. The minimum Gasteiger partial charge on any atom is -0.409 e. The van der Waals surface area contributed by atoms with Gasteiger partial charge in [0.25, 0.3) is 0 Å². The molecule has 0 aromatic heterocycles. The Morgan fingerprint density at radius 2 is 2.15 bits per heavy atom. The highest BCUT2D eigenvalue weighted by Crippen LogP contribution is 2.19. The lowest BCUT2D eigenvalue weighted by molar-refractivity contribution is -0.175. The number of carbonyl (C=O) groups excluding carboxylic acids is 1. The van der Waals surface area contributed by atoms with Crippen LogP contribution in [0, 0.1) is 0 Å². The number of nitrogens with two attached hydrogens (primary N) is 1. The van der Waals surface area contributed by atoms with E-state index in [1.54, 1.807) is 0 Å². The van der Waals surface area contributed by atoms with Crippen molar-refractivity contribution >= 4 is 11.7 Å². The van der Waals surface area contributed by atoms with Gasteiger partial charge in [-0.15, -0.1) is 0 Å². The number of rotatable bonds is 5. The fraction of sp³-hybridized carbons (Fsp3) is 0.818. The van der Waals surface area contributed by atoms with E-state index >= 15 is 0 Å². The van der Waals surface area contributed by atoms with Gasteiger partial charge >= 0.3 is 6.18 Å². The van der Waals surface area contributed by atoms with Crippen LogP contribution in [0.25, 0.3) is 0 Å². The Hall–Kier alpha value is -1.51. The monoisotopic (exact) mass is 297 g/mol. The van der Waals surface area contributed by atoms with Gasteiger partial charge in [-0.05, 0) is 19.3 Å². The molecule has 0 bridgehead atoms. The van der Waals surface area contributed by atoms with Gasteiger partial charge in [0.05, 0.1) is 19.1 Å². The predicted octanol–water partition coefficient (Wildman–Crippen LogP) is 1.08. The van der Waals surface area contributed by atoms with E-state index in [0.29, 0.717) is 13.0 Å². The summed E-state index contributed by atoms with van der Waals surface area (Å²) in [5.74, 6) is -0.419. The first kappa shape index (κ1) is 16.5. The van der Waals surface area contributed by atoms with Crippen LogP contribution in [0.5, 0.6) is 0 Å². The van der Waals surface area contributed by atoms with Crippen molar-refractivity contribution in [2.24, 2.45) is 10.9 Å². The standard InChI is InChI=1S/C11H18F3N3O3/c12-11(13,14)7-20-6-4-9(18)17-5-2-1-3-8(17)10(15)16-19/h8,19H,1-7H2,(H2,15,16). The number of halogens is 3. The van der Waals surface area contributed by atoms with E-state index in [1.165, 1.54) is 4.90 Å². The lowest BCUT2D eigenvalue weighted by Crippen LogP contribution is -2.50. The molecule has 1 amide bonds. The molecular formula is C11H18F3N3O3. The fourth-order valence-corrected chi connectivity index (χ4v) is 2.10. The van der Waals surface area contributed by atoms with Crippen molar-refractivity contribution in [3.05, 3.63) is 0 Å². The maximum Gasteiger partial charge on any atom is 0.411 e. The first-order valence-electron chi connectivity index (χ1n) is 6.26. The van der Waals surface area contributed by atoms with E-state index in [1.807, 2.05) is 0 Å². The van der Waals surface area contributed by atoms with Gasteiger partial charge in [-0.3, -0.25) is 4.79 Å². The second-order valence-electron chi connectivity index (χ2n) is 4.54. The lowest BCUT2D eigenvalue weighted by Gasteiger charge is -2.34. The topological polar surface area (TPSA) is 88.2 Å². The third-order valence-corrected chi connectivity index (χ3v) is 3.01. The molecule has 116 valence electrons. The Kier molecular flexibility index (Phi) is 6.05. The van der Waals surface area contributed by atoms with Crippen LogP contribution in [-0.4, -0.2) is 53.8 Å². The molecule has 9 heteroatoms. The van der Waals surface area contributed by atoms with Gasteiger partial charge in [-0.25, -0.2) is 0 Å². The van der Waals surface area contributed by atoms with Crippen LogP contribution < -0.4 is 5.73 Å². The molecule has 1 aliphatic rings. The van der Waals surface area contributed by atoms with Crippen LogP contribution in [0.4, 0.5) is 13.2 Å². The van der Waals surface area contributed by atoms with E-state index in [4.69, 9.17) is 10.9 Å². The second kappa shape index (κ2) is 7.32. The number of alkyl halides is 3. The number of hydrogen-bond donors (Lipinski definition) is 2. The highest BCUT2D eigenvalue weighted by molar-refractivity contribution is 5.90. The number of amides is 1. The van der Waals surface area contributed by atoms with Crippen molar-refractivity contribution in [1.29, 1.82) is 0 Å². The summed E-state index contributed by atoms with van der Waals surface area (Å²) in [5, 5.41) is 11.6. The molecule has 0 saturated carbocycles. The van der Waals surface area contributed by atoms with Crippen molar-refractivity contribution in [3.63, 3.8) is 0 Å². The smallest absolute Gasteiger partial charge is 0.409 e. The summed E-state index contributed by atoms with van der Waals surface area (Å²) in [6.45, 7) is -1.24. The Bertz CT molecular complexity index is 361. The molecule has 1 unspecified atom stereocenters. The molecule has 0 radical (unpaired) electrons. The molecule has 1 saturated heterocycles. The van der Waals surface area contributed by atoms with Crippen LogP contribution >= 0.6 is 0 Å². The van der Waals surface area contributed by atoms with E-state index in [-0.39, 0.29) is 24.8 Å². The van der Waals surface area contributed by atoms with Crippen molar-refractivity contribution in [2.75, 3.05) is 19.8 Å². The molecule has 0 spiro atoms. The first-order chi connectivity index (χ1) is 9.35. The third-order valence-electron chi connectivity index (χ3n) is 3.01. The van der Waals surface area contributed by atoms with Gasteiger partial charge in [0.15, 0.2) is 5.84 Å². The average Bonchev–Trinajstić information content (AvgIpc) is 2.41. The van der Waals surface area contributed by atoms with Crippen molar-refractivity contribution in [3.8, 4) is 0 Å². The Labute approximate surface area is 114 Å². The maximum absolute atomic E-state index is 11.9. The number of carbonyl (C=O) groups is 1. The molecule has 0 aromatic rings. The highest BCUT2D eigenvalue weighted by atomic mass is 19.4. The number of hydrogen-bond acceptors (Lipinski definition) is 4. The fourth-order valence-electron chi connectivity index (χ4n) is 2.10. The maximum atomic E-state index is 11.9. The lowest BCUT2D eigenvalue weighted by atomic mass is 10.0. The molecule has 1 atom stereocenters. The van der Waals surface area contributed by atoms with E-state index in [9.17, 15) is 18.0 Å². The molecule has 6 nitrogen and oxygen atoms in total. The summed E-state index contributed by atoms with van der Waals surface area (Å²) in [6, 6.07) is -0.496. The first-order valence-corrected chi connectivity index (χ1v) is 6.26. The van der Waals surface area contributed by atoms with E-state index < -0.39 is 18.8 Å². The van der Waals surface area contributed by atoms with Crippen molar-refractivity contribution in [1.82, 2.24) is 4.90 Å². The highest BCUT2D eigenvalue weighted by Gasteiger charge is 2.30. The molecule has 3 N–H and O–H groups in total. The van der Waals surface area contributed by atoms with E-state index in [2.05, 4.69) is 9.89 Å². The Morgan fingerprint density at radius 3 is 2.75 bits per heavy atom. The Morgan fingerprint density at radius 1 is 1.45 bits per heavy atom. The summed E-state index contributed by atoms with van der Waals surface area (Å²) in [6.07, 6.45) is -2.36. The van der Waals surface area contributed by atoms with Gasteiger partial charge in [0.2, 0.25) is 5.91 Å². The van der Waals surface area contributed by atoms with Crippen LogP contribution in [0.2, 0.25) is 0 Å². The molecule has 1 aliphatic heterocycles. The third kappa shape index (κ3) is 5.24. The van der Waals surface area contributed by atoms with Gasteiger partial charge in [0, 0.05) is 6.54 Å². The zero-order valence-corrected chi connectivity index (χ0v) is 10.9. The molecule has 1 rings (SSSR count). The van der Waals surface area contributed by atoms with Crippen LogP contribution in [0.3, 0.4) is 0 Å². The van der Waals surface area contributed by atoms with Crippen molar-refractivity contribution < 1.29 is 27.9 Å². The summed E-state index contributed by atoms with van der Waals surface area (Å²) < 4.78 is 40.0. The zero-order chi connectivity index (χ0) is 15.2. The quantitative estimate of drug-likeness (QED) is 0.261. The van der Waals surface area contributed by atoms with Crippen LogP contribution in [-0.2, 0) is 9.53 Å². The van der Waals surface area contributed by atoms with Gasteiger partial charge < -0.3 is 20.6 Å². The number of piperidine rings is 1. The molecule has 0 aromatic carbocycles. The number of ether oxygens (including phenoxy) is 1. The largest absolute Gasteiger partial charge is 0.411 e.